The van der Waals surface area contributed by atoms with Crippen LogP contribution in [0.3, 0.4) is 0 Å². The van der Waals surface area contributed by atoms with Gasteiger partial charge in [-0.2, -0.15) is 0 Å². The third-order valence-corrected chi connectivity index (χ3v) is 1.53. The van der Waals surface area contributed by atoms with E-state index >= 15 is 0 Å². The maximum Gasteiger partial charge on any atom is 0.106 e. The van der Waals surface area contributed by atoms with Gasteiger partial charge in [0.1, 0.15) is 6.23 Å². The molecule has 0 saturated carbocycles. The summed E-state index contributed by atoms with van der Waals surface area (Å²) in [6.45, 7) is 3.55. The van der Waals surface area contributed by atoms with Crippen LogP contribution in [0.2, 0.25) is 0 Å². The van der Waals surface area contributed by atoms with Crippen molar-refractivity contribution in [2.24, 2.45) is 11.5 Å². The number of nitrogens with two attached hydrogens (primary N) is 2. The largest absolute Gasteiger partial charge is 0.364 e. The Kier molecular flexibility index (Phi) is 7.89. The summed E-state index contributed by atoms with van der Waals surface area (Å²) in [5.41, 5.74) is 10.9. The fourth-order valence-corrected chi connectivity index (χ4v) is 0.834. The number of rotatable bonds is 7. The molecule has 0 rings (SSSR count). The molecule has 0 spiro atoms. The lowest BCUT2D eigenvalue weighted by Gasteiger charge is -2.10. The number of hydrogen-bond acceptors (Lipinski definition) is 3. The third-order valence-electron chi connectivity index (χ3n) is 1.53. The van der Waals surface area contributed by atoms with Crippen LogP contribution in [0.25, 0.3) is 0 Å². The maximum absolute atomic E-state index is 5.56. The molecule has 1 atom stereocenters. The first-order valence-corrected chi connectivity index (χ1v) is 4.38. The highest BCUT2D eigenvalue weighted by molar-refractivity contribution is 4.48. The van der Waals surface area contributed by atoms with E-state index in [0.717, 1.165) is 19.4 Å². The lowest BCUT2D eigenvalue weighted by molar-refractivity contribution is 0.0511. The summed E-state index contributed by atoms with van der Waals surface area (Å²) >= 11 is 0. The summed E-state index contributed by atoms with van der Waals surface area (Å²) in [5.74, 6) is 0. The standard InChI is InChI=1S/C8H20N2O/c1-2-3-4-7-11-8(10)5-6-9/h8H,2-7,9-10H2,1H3. The van der Waals surface area contributed by atoms with Crippen LogP contribution in [0.15, 0.2) is 0 Å². The van der Waals surface area contributed by atoms with Gasteiger partial charge in [0.15, 0.2) is 0 Å². The highest BCUT2D eigenvalue weighted by Gasteiger charge is 1.98. The Hall–Kier alpha value is -0.120. The van der Waals surface area contributed by atoms with Crippen LogP contribution in [0.4, 0.5) is 0 Å². The normalized spacial score (nSPS) is 13.4. The van der Waals surface area contributed by atoms with Crippen LogP contribution in [0.5, 0.6) is 0 Å². The molecule has 0 fully saturated rings. The Bertz CT molecular complexity index is 78.5. The Morgan fingerprint density at radius 3 is 2.64 bits per heavy atom. The fraction of sp³-hybridized carbons (Fsp3) is 1.00. The van der Waals surface area contributed by atoms with Gasteiger partial charge in [-0.05, 0) is 19.4 Å². The second-order valence-corrected chi connectivity index (χ2v) is 2.69. The molecule has 0 bridgehead atoms. The molecule has 0 aromatic heterocycles. The molecule has 0 aromatic rings. The highest BCUT2D eigenvalue weighted by atomic mass is 16.5. The van der Waals surface area contributed by atoms with Crippen molar-refractivity contribution in [2.45, 2.75) is 38.8 Å². The van der Waals surface area contributed by atoms with E-state index in [1.54, 1.807) is 0 Å². The van der Waals surface area contributed by atoms with E-state index in [9.17, 15) is 0 Å². The quantitative estimate of drug-likeness (QED) is 0.428. The van der Waals surface area contributed by atoms with Gasteiger partial charge in [-0.3, -0.25) is 0 Å². The molecule has 0 aliphatic heterocycles. The Morgan fingerprint density at radius 1 is 1.36 bits per heavy atom. The molecule has 0 amide bonds. The Labute approximate surface area is 69.1 Å². The third kappa shape index (κ3) is 7.78. The van der Waals surface area contributed by atoms with Gasteiger partial charge in [0, 0.05) is 6.61 Å². The summed E-state index contributed by atoms with van der Waals surface area (Å²) in [7, 11) is 0. The van der Waals surface area contributed by atoms with Gasteiger partial charge >= 0.3 is 0 Å². The van der Waals surface area contributed by atoms with E-state index < -0.39 is 0 Å². The predicted octanol–water partition coefficient (Wildman–Crippen LogP) is 0.827. The smallest absolute Gasteiger partial charge is 0.106 e. The molecular formula is C8H20N2O. The zero-order valence-electron chi connectivity index (χ0n) is 7.38. The van der Waals surface area contributed by atoms with Crippen molar-refractivity contribution in [3.05, 3.63) is 0 Å². The van der Waals surface area contributed by atoms with Gasteiger partial charge < -0.3 is 16.2 Å². The molecule has 4 N–H and O–H groups in total. The maximum atomic E-state index is 5.56. The van der Waals surface area contributed by atoms with Gasteiger partial charge in [-0.1, -0.05) is 19.8 Å². The molecule has 0 aromatic carbocycles. The van der Waals surface area contributed by atoms with Crippen molar-refractivity contribution in [1.29, 1.82) is 0 Å². The molecule has 3 nitrogen and oxygen atoms in total. The molecule has 3 heteroatoms. The molecular weight excluding hydrogens is 140 g/mol. The van der Waals surface area contributed by atoms with Crippen LogP contribution in [-0.4, -0.2) is 19.4 Å². The summed E-state index contributed by atoms with van der Waals surface area (Å²) < 4.78 is 5.28. The summed E-state index contributed by atoms with van der Waals surface area (Å²) in [5, 5.41) is 0. The van der Waals surface area contributed by atoms with Crippen molar-refractivity contribution >= 4 is 0 Å². The Balaban J connectivity index is 2.97. The van der Waals surface area contributed by atoms with E-state index in [1.165, 1.54) is 12.8 Å². The molecule has 0 aliphatic rings. The van der Waals surface area contributed by atoms with Crippen molar-refractivity contribution in [3.8, 4) is 0 Å². The van der Waals surface area contributed by atoms with E-state index in [-0.39, 0.29) is 6.23 Å². The second kappa shape index (κ2) is 7.98. The molecule has 11 heavy (non-hydrogen) atoms. The zero-order chi connectivity index (χ0) is 8.53. The molecule has 0 aliphatic carbocycles. The van der Waals surface area contributed by atoms with Crippen molar-refractivity contribution in [1.82, 2.24) is 0 Å². The highest BCUT2D eigenvalue weighted by Crippen LogP contribution is 1.96. The van der Waals surface area contributed by atoms with Crippen molar-refractivity contribution in [3.63, 3.8) is 0 Å². The number of ether oxygens (including phenoxy) is 1. The van der Waals surface area contributed by atoms with Gasteiger partial charge in [0.05, 0.1) is 0 Å². The minimum atomic E-state index is -0.156. The fourth-order valence-electron chi connectivity index (χ4n) is 0.834. The van der Waals surface area contributed by atoms with E-state index in [2.05, 4.69) is 6.92 Å². The lowest BCUT2D eigenvalue weighted by atomic mass is 10.3. The van der Waals surface area contributed by atoms with Crippen LogP contribution in [0, 0.1) is 0 Å². The topological polar surface area (TPSA) is 61.3 Å². The first kappa shape index (κ1) is 10.9. The molecule has 0 heterocycles. The SMILES string of the molecule is CCCCCOC(N)CCN. The van der Waals surface area contributed by atoms with Gasteiger partial charge in [0.25, 0.3) is 0 Å². The van der Waals surface area contributed by atoms with Crippen molar-refractivity contribution < 1.29 is 4.74 Å². The number of unbranched alkanes of at least 4 members (excludes halogenated alkanes) is 2. The summed E-state index contributed by atoms with van der Waals surface area (Å²) in [4.78, 5) is 0. The predicted molar refractivity (Wildman–Crippen MR) is 47.1 cm³/mol. The van der Waals surface area contributed by atoms with Crippen LogP contribution in [0.1, 0.15) is 32.6 Å². The number of hydrogen-bond donors (Lipinski definition) is 2. The van der Waals surface area contributed by atoms with Gasteiger partial charge in [0.2, 0.25) is 0 Å². The van der Waals surface area contributed by atoms with E-state index in [0.29, 0.717) is 6.54 Å². The molecule has 68 valence electrons. The van der Waals surface area contributed by atoms with Gasteiger partial charge in [-0.15, -0.1) is 0 Å². The average molecular weight is 160 g/mol. The monoisotopic (exact) mass is 160 g/mol. The minimum absolute atomic E-state index is 0.156. The zero-order valence-corrected chi connectivity index (χ0v) is 7.38. The van der Waals surface area contributed by atoms with Crippen LogP contribution < -0.4 is 11.5 Å². The molecule has 0 radical (unpaired) electrons. The minimum Gasteiger partial charge on any atom is -0.364 e. The molecule has 1 unspecified atom stereocenters. The average Bonchev–Trinajstić information content (AvgIpc) is 1.99. The van der Waals surface area contributed by atoms with Crippen LogP contribution in [-0.2, 0) is 4.74 Å². The first-order chi connectivity index (χ1) is 5.31. The van der Waals surface area contributed by atoms with Crippen LogP contribution >= 0.6 is 0 Å². The van der Waals surface area contributed by atoms with Gasteiger partial charge in [-0.25, -0.2) is 0 Å². The van der Waals surface area contributed by atoms with Crippen molar-refractivity contribution in [2.75, 3.05) is 13.2 Å². The Morgan fingerprint density at radius 2 is 2.09 bits per heavy atom. The summed E-state index contributed by atoms with van der Waals surface area (Å²) in [6.07, 6.45) is 4.14. The lowest BCUT2D eigenvalue weighted by Crippen LogP contribution is -2.27. The second-order valence-electron chi connectivity index (χ2n) is 2.69. The first-order valence-electron chi connectivity index (χ1n) is 4.38. The molecule has 0 saturated heterocycles. The van der Waals surface area contributed by atoms with E-state index in [4.69, 9.17) is 16.2 Å². The van der Waals surface area contributed by atoms with E-state index in [1.807, 2.05) is 0 Å². The summed E-state index contributed by atoms with van der Waals surface area (Å²) in [6, 6.07) is 0.